The zero-order valence-electron chi connectivity index (χ0n) is 12.0. The van der Waals surface area contributed by atoms with Crippen molar-refractivity contribution in [3.05, 3.63) is 33.9 Å². The highest BCUT2D eigenvalue weighted by Gasteiger charge is 2.40. The maximum atomic E-state index is 12.3. The Hall–Kier alpha value is -2.09. The Balaban J connectivity index is 2.21. The number of benzene rings is 1. The van der Waals surface area contributed by atoms with Crippen molar-refractivity contribution >= 4 is 29.3 Å². The second-order valence-corrected chi connectivity index (χ2v) is 6.15. The molecule has 0 bridgehead atoms. The lowest BCUT2D eigenvalue weighted by Gasteiger charge is -2.41. The molecule has 1 fully saturated rings. The summed E-state index contributed by atoms with van der Waals surface area (Å²) in [4.78, 5) is 34.2. The van der Waals surface area contributed by atoms with Crippen LogP contribution in [0.3, 0.4) is 0 Å². The molecular weight excluding hydrogens is 308 g/mol. The summed E-state index contributed by atoms with van der Waals surface area (Å²) in [6.07, 6.45) is 3.66. The van der Waals surface area contributed by atoms with Crippen LogP contribution in [-0.4, -0.2) is 33.7 Å². The van der Waals surface area contributed by atoms with Gasteiger partial charge in [0.25, 0.3) is 11.6 Å². The van der Waals surface area contributed by atoms with Gasteiger partial charge in [-0.1, -0.05) is 0 Å². The maximum Gasteiger partial charge on any atom is 0.305 e. The normalized spacial score (nSPS) is 15.7. The van der Waals surface area contributed by atoms with Crippen molar-refractivity contribution in [2.24, 2.45) is 0 Å². The molecule has 0 aliphatic heterocycles. The molecule has 0 unspecified atom stereocenters. The van der Waals surface area contributed by atoms with E-state index in [9.17, 15) is 19.7 Å². The second kappa shape index (κ2) is 6.35. The molecule has 2 rings (SSSR count). The van der Waals surface area contributed by atoms with Gasteiger partial charge < -0.3 is 10.4 Å². The van der Waals surface area contributed by atoms with Crippen LogP contribution in [0.25, 0.3) is 0 Å². The molecule has 2 N–H and O–H groups in total. The van der Waals surface area contributed by atoms with Crippen LogP contribution in [0.4, 0.5) is 5.69 Å². The minimum Gasteiger partial charge on any atom is -0.481 e. The Bertz CT molecular complexity index is 628. The molecule has 8 heteroatoms. The van der Waals surface area contributed by atoms with E-state index >= 15 is 0 Å². The van der Waals surface area contributed by atoms with Crippen molar-refractivity contribution in [3.63, 3.8) is 0 Å². The molecule has 0 spiro atoms. The van der Waals surface area contributed by atoms with E-state index in [4.69, 9.17) is 5.11 Å². The van der Waals surface area contributed by atoms with Gasteiger partial charge in [-0.05, 0) is 37.7 Å². The van der Waals surface area contributed by atoms with Crippen LogP contribution in [0.1, 0.15) is 36.0 Å². The number of carbonyl (C=O) groups is 2. The Kier molecular flexibility index (Phi) is 4.70. The van der Waals surface area contributed by atoms with Crippen LogP contribution in [0.15, 0.2) is 23.1 Å². The first-order chi connectivity index (χ1) is 10.4. The fourth-order valence-corrected chi connectivity index (χ4v) is 3.07. The van der Waals surface area contributed by atoms with Gasteiger partial charge in [-0.2, -0.15) is 0 Å². The number of amides is 1. The molecule has 0 aromatic heterocycles. The van der Waals surface area contributed by atoms with Gasteiger partial charge in [-0.3, -0.25) is 19.7 Å². The van der Waals surface area contributed by atoms with Crippen LogP contribution in [-0.2, 0) is 4.79 Å². The van der Waals surface area contributed by atoms with Crippen molar-refractivity contribution < 1.29 is 19.6 Å². The van der Waals surface area contributed by atoms with Crippen LogP contribution >= 0.6 is 11.8 Å². The summed E-state index contributed by atoms with van der Waals surface area (Å²) in [5, 5.41) is 22.7. The molecule has 118 valence electrons. The van der Waals surface area contributed by atoms with Crippen molar-refractivity contribution in [2.75, 3.05) is 6.26 Å². The molecule has 0 heterocycles. The summed E-state index contributed by atoms with van der Waals surface area (Å²) in [5.41, 5.74) is -0.683. The molecule has 1 saturated carbocycles. The molecule has 1 aliphatic carbocycles. The van der Waals surface area contributed by atoms with E-state index < -0.39 is 22.3 Å². The Morgan fingerprint density at radius 2 is 2.14 bits per heavy atom. The predicted molar refractivity (Wildman–Crippen MR) is 81.2 cm³/mol. The van der Waals surface area contributed by atoms with E-state index in [1.165, 1.54) is 30.0 Å². The van der Waals surface area contributed by atoms with E-state index in [1.807, 2.05) is 0 Å². The summed E-state index contributed by atoms with van der Waals surface area (Å²) in [6.45, 7) is 0. The third-order valence-electron chi connectivity index (χ3n) is 3.82. The number of thioether (sulfide) groups is 1. The monoisotopic (exact) mass is 324 g/mol. The molecular formula is C14H16N2O5S. The van der Waals surface area contributed by atoms with Crippen molar-refractivity contribution in [2.45, 2.75) is 36.1 Å². The van der Waals surface area contributed by atoms with Crippen molar-refractivity contribution in [1.29, 1.82) is 0 Å². The number of nitrogens with one attached hydrogen (secondary N) is 1. The topological polar surface area (TPSA) is 110 Å². The zero-order chi connectivity index (χ0) is 16.3. The molecule has 1 aliphatic rings. The molecule has 0 atom stereocenters. The molecule has 1 aromatic rings. The van der Waals surface area contributed by atoms with Gasteiger partial charge in [0.15, 0.2) is 0 Å². The average molecular weight is 324 g/mol. The average Bonchev–Trinajstić information content (AvgIpc) is 2.43. The number of nitro groups is 1. The highest BCUT2D eigenvalue weighted by atomic mass is 32.2. The van der Waals surface area contributed by atoms with Crippen LogP contribution in [0.2, 0.25) is 0 Å². The first-order valence-electron chi connectivity index (χ1n) is 6.74. The van der Waals surface area contributed by atoms with E-state index in [0.29, 0.717) is 17.7 Å². The van der Waals surface area contributed by atoms with Gasteiger partial charge >= 0.3 is 5.97 Å². The van der Waals surface area contributed by atoms with Crippen LogP contribution in [0.5, 0.6) is 0 Å². The lowest BCUT2D eigenvalue weighted by atomic mass is 9.74. The number of hydrogen-bond acceptors (Lipinski definition) is 5. The fourth-order valence-electron chi connectivity index (χ4n) is 2.53. The molecule has 0 saturated heterocycles. The van der Waals surface area contributed by atoms with Gasteiger partial charge in [0.2, 0.25) is 0 Å². The number of rotatable bonds is 6. The van der Waals surface area contributed by atoms with E-state index in [0.717, 1.165) is 6.42 Å². The van der Waals surface area contributed by atoms with Crippen molar-refractivity contribution in [1.82, 2.24) is 5.32 Å². The number of nitro benzene ring substituents is 1. The van der Waals surface area contributed by atoms with Crippen molar-refractivity contribution in [3.8, 4) is 0 Å². The van der Waals surface area contributed by atoms with Gasteiger partial charge in [-0.25, -0.2) is 0 Å². The minimum absolute atomic E-state index is 0.124. The highest BCUT2D eigenvalue weighted by molar-refractivity contribution is 7.98. The maximum absolute atomic E-state index is 12.3. The second-order valence-electron chi connectivity index (χ2n) is 5.30. The fraction of sp³-hybridized carbons (Fsp3) is 0.429. The molecule has 7 nitrogen and oxygen atoms in total. The third kappa shape index (κ3) is 3.38. The third-order valence-corrected chi connectivity index (χ3v) is 4.60. The smallest absolute Gasteiger partial charge is 0.305 e. The quantitative estimate of drug-likeness (QED) is 0.472. The molecule has 1 amide bonds. The number of carbonyl (C=O) groups excluding carboxylic acids is 1. The van der Waals surface area contributed by atoms with Gasteiger partial charge in [0.1, 0.15) is 0 Å². The number of aliphatic carboxylic acids is 1. The largest absolute Gasteiger partial charge is 0.481 e. The summed E-state index contributed by atoms with van der Waals surface area (Å²) in [7, 11) is 0. The van der Waals surface area contributed by atoms with Gasteiger partial charge in [-0.15, -0.1) is 11.8 Å². The predicted octanol–water partition coefficient (Wildman–Crippen LogP) is 2.44. The standard InChI is InChI=1S/C14H16N2O5S/c1-22-11-4-3-9(7-10(11)16(20)21)13(19)15-14(5-2-6-14)8-12(17)18/h3-4,7H,2,5-6,8H2,1H3,(H,15,19)(H,17,18). The van der Waals surface area contributed by atoms with Gasteiger partial charge in [0.05, 0.1) is 21.8 Å². The van der Waals surface area contributed by atoms with E-state index in [-0.39, 0.29) is 17.7 Å². The van der Waals surface area contributed by atoms with Gasteiger partial charge in [0, 0.05) is 11.6 Å². The number of carboxylic acids is 1. The summed E-state index contributed by atoms with van der Waals surface area (Å²) in [5.74, 6) is -1.44. The number of carboxylic acid groups (broad SMARTS) is 1. The van der Waals surface area contributed by atoms with Crippen LogP contribution < -0.4 is 5.32 Å². The number of hydrogen-bond donors (Lipinski definition) is 2. The lowest BCUT2D eigenvalue weighted by molar-refractivity contribution is -0.387. The first-order valence-corrected chi connectivity index (χ1v) is 7.96. The zero-order valence-corrected chi connectivity index (χ0v) is 12.8. The summed E-state index contributed by atoms with van der Waals surface area (Å²) in [6, 6.07) is 4.28. The minimum atomic E-state index is -0.969. The highest BCUT2D eigenvalue weighted by Crippen LogP contribution is 2.35. The van der Waals surface area contributed by atoms with Crippen LogP contribution in [0, 0.1) is 10.1 Å². The first kappa shape index (κ1) is 16.3. The Morgan fingerprint density at radius 1 is 1.45 bits per heavy atom. The SMILES string of the molecule is CSc1ccc(C(=O)NC2(CC(=O)O)CCC2)cc1[N+](=O)[O-]. The number of nitrogens with zero attached hydrogens (tertiary/aromatic N) is 1. The summed E-state index contributed by atoms with van der Waals surface area (Å²) >= 11 is 1.23. The Morgan fingerprint density at radius 3 is 2.59 bits per heavy atom. The summed E-state index contributed by atoms with van der Waals surface area (Å²) < 4.78 is 0. The molecule has 1 aromatic carbocycles. The molecule has 0 radical (unpaired) electrons. The van der Waals surface area contributed by atoms with E-state index in [2.05, 4.69) is 5.32 Å². The Labute approximate surface area is 131 Å². The molecule has 22 heavy (non-hydrogen) atoms. The lowest BCUT2D eigenvalue weighted by Crippen LogP contribution is -2.54. The van der Waals surface area contributed by atoms with E-state index in [1.54, 1.807) is 6.26 Å².